The lowest BCUT2D eigenvalue weighted by Gasteiger charge is -2.31. The number of allylic oxidation sites excluding steroid dienone is 1. The summed E-state index contributed by atoms with van der Waals surface area (Å²) in [5.41, 5.74) is 0.736. The molecule has 224 valence electrons. The van der Waals surface area contributed by atoms with Gasteiger partial charge in [0.1, 0.15) is 17.2 Å². The minimum atomic E-state index is -0.737. The zero-order valence-electron chi connectivity index (χ0n) is 27.2. The molecular weight excluding hydrogens is 516 g/mol. The van der Waals surface area contributed by atoms with Gasteiger partial charge in [-0.3, -0.25) is 14.4 Å². The molecule has 2 rings (SSSR count). The lowest BCUT2D eigenvalue weighted by molar-refractivity contribution is -0.143. The van der Waals surface area contributed by atoms with Crippen LogP contribution in [0, 0.1) is 10.8 Å². The summed E-state index contributed by atoms with van der Waals surface area (Å²) in [4.78, 5) is 38.7. The second-order valence-corrected chi connectivity index (χ2v) is 14.5. The van der Waals surface area contributed by atoms with Crippen LogP contribution in [-0.4, -0.2) is 24.3 Å². The maximum atomic E-state index is 13.3. The van der Waals surface area contributed by atoms with Gasteiger partial charge in [0.2, 0.25) is 0 Å². The Morgan fingerprint density at radius 2 is 1.15 bits per heavy atom. The van der Waals surface area contributed by atoms with Crippen LogP contribution < -0.4 is 14.2 Å². The molecule has 0 N–H and O–H groups in total. The number of rotatable bonds is 7. The molecule has 0 radical (unpaired) electrons. The lowest BCUT2D eigenvalue weighted by atomic mass is 9.78. The van der Waals surface area contributed by atoms with Crippen molar-refractivity contribution in [3.63, 3.8) is 0 Å². The predicted octanol–water partition coefficient (Wildman–Crippen LogP) is 8.48. The third kappa shape index (κ3) is 8.79. The number of hydrogen-bond acceptors (Lipinski definition) is 6. The van der Waals surface area contributed by atoms with E-state index in [1.807, 2.05) is 6.92 Å². The molecule has 0 saturated heterocycles. The highest BCUT2D eigenvalue weighted by Gasteiger charge is 2.33. The molecule has 0 aliphatic heterocycles. The van der Waals surface area contributed by atoms with Crippen LogP contribution in [0.5, 0.6) is 17.2 Å². The maximum absolute atomic E-state index is 13.3. The monoisotopic (exact) mass is 564 g/mol. The Morgan fingerprint density at radius 1 is 0.683 bits per heavy atom. The summed E-state index contributed by atoms with van der Waals surface area (Å²) in [5, 5.41) is 0. The van der Waals surface area contributed by atoms with Gasteiger partial charge in [-0.05, 0) is 102 Å². The van der Waals surface area contributed by atoms with Crippen molar-refractivity contribution in [1.29, 1.82) is 0 Å². The van der Waals surface area contributed by atoms with E-state index in [9.17, 15) is 14.4 Å². The van der Waals surface area contributed by atoms with Crippen LogP contribution in [0.3, 0.4) is 0 Å². The SMILES string of the molecule is CCOc1c(C(C)(C)C)cc(C(C)(C)C)c(OC(=O)C(C)(C)C)c1C=CC(=O)c1ccc(OC(=O)C(C)(C)C)cc1. The summed E-state index contributed by atoms with van der Waals surface area (Å²) in [7, 11) is 0. The third-order valence-electron chi connectivity index (χ3n) is 6.34. The Morgan fingerprint density at radius 3 is 1.59 bits per heavy atom. The van der Waals surface area contributed by atoms with Gasteiger partial charge in [-0.15, -0.1) is 0 Å². The van der Waals surface area contributed by atoms with Crippen molar-refractivity contribution >= 4 is 23.8 Å². The van der Waals surface area contributed by atoms with Gasteiger partial charge in [0.05, 0.1) is 23.0 Å². The minimum absolute atomic E-state index is 0.257. The quantitative estimate of drug-likeness (QED) is 0.145. The van der Waals surface area contributed by atoms with Gasteiger partial charge in [0, 0.05) is 16.7 Å². The first-order valence-electron chi connectivity index (χ1n) is 14.2. The van der Waals surface area contributed by atoms with Crippen LogP contribution in [0.25, 0.3) is 6.08 Å². The highest BCUT2D eigenvalue weighted by Crippen LogP contribution is 2.46. The Balaban J connectivity index is 2.70. The molecule has 0 fully saturated rings. The molecule has 0 aliphatic carbocycles. The summed E-state index contributed by atoms with van der Waals surface area (Å²) in [6.45, 7) is 25.6. The molecule has 0 amide bonds. The number of ketones is 1. The van der Waals surface area contributed by atoms with Crippen molar-refractivity contribution in [1.82, 2.24) is 0 Å². The molecule has 0 aromatic heterocycles. The molecule has 0 atom stereocenters. The zero-order valence-corrected chi connectivity index (χ0v) is 27.2. The van der Waals surface area contributed by atoms with Crippen molar-refractivity contribution in [3.05, 3.63) is 58.7 Å². The second kappa shape index (κ2) is 12.2. The largest absolute Gasteiger partial charge is 0.493 e. The number of carbonyl (C=O) groups excluding carboxylic acids is 3. The van der Waals surface area contributed by atoms with E-state index in [2.05, 4.69) is 47.6 Å². The fourth-order valence-corrected chi connectivity index (χ4v) is 3.79. The number of ether oxygens (including phenoxy) is 3. The molecule has 0 unspecified atom stereocenters. The molecular formula is C35H48O6. The molecule has 2 aromatic rings. The van der Waals surface area contributed by atoms with Crippen molar-refractivity contribution in [2.75, 3.05) is 6.61 Å². The lowest BCUT2D eigenvalue weighted by Crippen LogP contribution is -2.28. The van der Waals surface area contributed by atoms with Crippen LogP contribution in [0.2, 0.25) is 0 Å². The zero-order chi connectivity index (χ0) is 31.6. The molecule has 0 aliphatic rings. The van der Waals surface area contributed by atoms with Crippen LogP contribution in [-0.2, 0) is 20.4 Å². The van der Waals surface area contributed by atoms with E-state index >= 15 is 0 Å². The van der Waals surface area contributed by atoms with Gasteiger partial charge in [-0.1, -0.05) is 41.5 Å². The first-order valence-corrected chi connectivity index (χ1v) is 14.2. The van der Waals surface area contributed by atoms with Gasteiger partial charge in [0.25, 0.3) is 0 Å². The first-order chi connectivity index (χ1) is 18.6. The average Bonchev–Trinajstić information content (AvgIpc) is 2.81. The number of esters is 2. The fourth-order valence-electron chi connectivity index (χ4n) is 3.79. The molecule has 0 saturated carbocycles. The third-order valence-corrected chi connectivity index (χ3v) is 6.34. The van der Waals surface area contributed by atoms with Crippen LogP contribution >= 0.6 is 0 Å². The van der Waals surface area contributed by atoms with Gasteiger partial charge in [-0.25, -0.2) is 0 Å². The van der Waals surface area contributed by atoms with E-state index in [1.165, 1.54) is 6.08 Å². The highest BCUT2D eigenvalue weighted by molar-refractivity contribution is 6.07. The summed E-state index contributed by atoms with van der Waals surface area (Å²) in [5.74, 6) is 0.349. The fraction of sp³-hybridized carbons (Fsp3) is 0.514. The second-order valence-electron chi connectivity index (χ2n) is 14.5. The Kier molecular flexibility index (Phi) is 10.1. The molecule has 6 nitrogen and oxygen atoms in total. The smallest absolute Gasteiger partial charge is 0.316 e. The maximum Gasteiger partial charge on any atom is 0.316 e. The predicted molar refractivity (Wildman–Crippen MR) is 165 cm³/mol. The van der Waals surface area contributed by atoms with Gasteiger partial charge >= 0.3 is 11.9 Å². The topological polar surface area (TPSA) is 78.9 Å². The van der Waals surface area contributed by atoms with E-state index in [-0.39, 0.29) is 28.6 Å². The number of hydrogen-bond donors (Lipinski definition) is 0. The molecule has 6 heteroatoms. The molecule has 0 spiro atoms. The highest BCUT2D eigenvalue weighted by atomic mass is 16.5. The molecule has 41 heavy (non-hydrogen) atoms. The molecule has 2 aromatic carbocycles. The van der Waals surface area contributed by atoms with Crippen LogP contribution in [0.15, 0.2) is 36.4 Å². The van der Waals surface area contributed by atoms with E-state index in [0.717, 1.165) is 11.1 Å². The van der Waals surface area contributed by atoms with E-state index in [4.69, 9.17) is 14.2 Å². The van der Waals surface area contributed by atoms with Crippen molar-refractivity contribution in [2.45, 2.75) is 101 Å². The Hall–Kier alpha value is -3.41. The van der Waals surface area contributed by atoms with E-state index in [0.29, 0.717) is 35.0 Å². The van der Waals surface area contributed by atoms with Crippen molar-refractivity contribution in [2.24, 2.45) is 10.8 Å². The summed E-state index contributed by atoms with van der Waals surface area (Å²) in [6, 6.07) is 8.50. The Bertz CT molecular complexity index is 1300. The summed E-state index contributed by atoms with van der Waals surface area (Å²) >= 11 is 0. The standard InChI is InChI=1S/C35H48O6/c1-14-39-28-24(19-20-27(36)22-15-17-23(18-16-22)40-30(37)34(8,9)10)29(41-31(38)35(11,12)13)26(33(5,6)7)21-25(28)32(2,3)4/h15-21H,14H2,1-13H3. The van der Waals surface area contributed by atoms with E-state index in [1.54, 1.807) is 71.9 Å². The van der Waals surface area contributed by atoms with E-state index < -0.39 is 10.8 Å². The molecule has 0 heterocycles. The van der Waals surface area contributed by atoms with Crippen molar-refractivity contribution < 1.29 is 28.6 Å². The average molecular weight is 565 g/mol. The van der Waals surface area contributed by atoms with Crippen LogP contribution in [0.1, 0.15) is 117 Å². The number of carbonyl (C=O) groups is 3. The Labute approximate surface area is 246 Å². The minimum Gasteiger partial charge on any atom is -0.493 e. The first kappa shape index (κ1) is 33.8. The van der Waals surface area contributed by atoms with Gasteiger partial charge < -0.3 is 14.2 Å². The molecule has 0 bridgehead atoms. The van der Waals surface area contributed by atoms with Crippen LogP contribution in [0.4, 0.5) is 0 Å². The normalized spacial score (nSPS) is 12.8. The summed E-state index contributed by atoms with van der Waals surface area (Å²) in [6.07, 6.45) is 3.14. The van der Waals surface area contributed by atoms with Crippen molar-refractivity contribution in [3.8, 4) is 17.2 Å². The summed E-state index contributed by atoms with van der Waals surface area (Å²) < 4.78 is 17.7. The van der Waals surface area contributed by atoms with Gasteiger partial charge in [0.15, 0.2) is 5.78 Å². The number of benzene rings is 2. The van der Waals surface area contributed by atoms with Gasteiger partial charge in [-0.2, -0.15) is 0 Å².